The summed E-state index contributed by atoms with van der Waals surface area (Å²) in [6.07, 6.45) is 2.85. The molecule has 7 nitrogen and oxygen atoms in total. The van der Waals surface area contributed by atoms with Gasteiger partial charge in [-0.2, -0.15) is 0 Å². The molecule has 7 heteroatoms. The van der Waals surface area contributed by atoms with E-state index in [1.54, 1.807) is 18.2 Å². The number of fused-ring (bicyclic) bond motifs is 1. The minimum absolute atomic E-state index is 0.0825. The molecule has 4 rings (SSSR count). The van der Waals surface area contributed by atoms with Crippen LogP contribution in [-0.2, 0) is 14.3 Å². The topological polar surface area (TPSA) is 84.9 Å². The molecule has 132 valence electrons. The monoisotopic (exact) mass is 344 g/mol. The molecule has 1 aromatic rings. The molecule has 0 spiro atoms. The van der Waals surface area contributed by atoms with Gasteiger partial charge in [0.25, 0.3) is 17.7 Å². The average molecular weight is 344 g/mol. The number of hydrogen-bond acceptors (Lipinski definition) is 5. The van der Waals surface area contributed by atoms with Gasteiger partial charge in [-0.3, -0.25) is 19.3 Å². The van der Waals surface area contributed by atoms with Crippen molar-refractivity contribution >= 4 is 23.4 Å². The molecule has 0 bridgehead atoms. The van der Waals surface area contributed by atoms with Crippen LogP contribution in [0.4, 0.5) is 5.69 Å². The summed E-state index contributed by atoms with van der Waals surface area (Å²) in [7, 11) is 0. The number of rotatable bonds is 4. The Labute approximate surface area is 145 Å². The molecular weight excluding hydrogens is 324 g/mol. The second-order valence-corrected chi connectivity index (χ2v) is 6.61. The van der Waals surface area contributed by atoms with Crippen molar-refractivity contribution < 1.29 is 23.9 Å². The van der Waals surface area contributed by atoms with E-state index < -0.39 is 6.10 Å². The third kappa shape index (κ3) is 3.05. The van der Waals surface area contributed by atoms with Crippen molar-refractivity contribution in [3.8, 4) is 0 Å². The van der Waals surface area contributed by atoms with Gasteiger partial charge in [-0.05, 0) is 43.9 Å². The van der Waals surface area contributed by atoms with Gasteiger partial charge in [-0.1, -0.05) is 0 Å². The molecule has 25 heavy (non-hydrogen) atoms. The Balaban J connectivity index is 1.49. The number of nitrogens with one attached hydrogen (secondary N) is 1. The van der Waals surface area contributed by atoms with Crippen LogP contribution in [0.2, 0.25) is 0 Å². The summed E-state index contributed by atoms with van der Waals surface area (Å²) in [6, 6.07) is 4.81. The molecule has 1 aromatic carbocycles. The number of amides is 3. The highest BCUT2D eigenvalue weighted by Crippen LogP contribution is 2.28. The van der Waals surface area contributed by atoms with E-state index in [1.807, 2.05) is 0 Å². The molecule has 0 aromatic heterocycles. The van der Waals surface area contributed by atoms with Gasteiger partial charge in [0.1, 0.15) is 6.10 Å². The smallest absolute Gasteiger partial charge is 0.261 e. The number of benzene rings is 1. The van der Waals surface area contributed by atoms with Gasteiger partial charge < -0.3 is 14.8 Å². The Morgan fingerprint density at radius 1 is 1.08 bits per heavy atom. The van der Waals surface area contributed by atoms with Crippen LogP contribution in [0.5, 0.6) is 0 Å². The fourth-order valence-electron chi connectivity index (χ4n) is 3.53. The van der Waals surface area contributed by atoms with E-state index in [0.717, 1.165) is 19.3 Å². The Hall–Kier alpha value is -2.25. The SMILES string of the molecule is O=C(Nc1ccc2c(c1)C(=O)N(C[C@@H]1CCCO1)C2=O)[C@H]1CCCO1. The summed E-state index contributed by atoms with van der Waals surface area (Å²) < 4.78 is 10.9. The lowest BCUT2D eigenvalue weighted by Gasteiger charge is -2.17. The van der Waals surface area contributed by atoms with Gasteiger partial charge in [0, 0.05) is 18.9 Å². The summed E-state index contributed by atoms with van der Waals surface area (Å²) in [4.78, 5) is 38.5. The van der Waals surface area contributed by atoms with Crippen molar-refractivity contribution in [3.05, 3.63) is 29.3 Å². The fourth-order valence-corrected chi connectivity index (χ4v) is 3.53. The van der Waals surface area contributed by atoms with E-state index in [1.165, 1.54) is 4.90 Å². The van der Waals surface area contributed by atoms with Crippen LogP contribution in [-0.4, -0.2) is 54.6 Å². The van der Waals surface area contributed by atoms with Crippen LogP contribution in [0.25, 0.3) is 0 Å². The van der Waals surface area contributed by atoms with Gasteiger partial charge in [-0.25, -0.2) is 0 Å². The molecule has 3 heterocycles. The highest BCUT2D eigenvalue weighted by molar-refractivity contribution is 6.22. The van der Waals surface area contributed by atoms with Crippen LogP contribution in [0, 0.1) is 0 Å². The van der Waals surface area contributed by atoms with Crippen molar-refractivity contribution in [1.82, 2.24) is 4.90 Å². The first-order valence-corrected chi connectivity index (χ1v) is 8.68. The molecular formula is C18H20N2O5. The number of hydrogen-bond donors (Lipinski definition) is 1. The highest BCUT2D eigenvalue weighted by atomic mass is 16.5. The second-order valence-electron chi connectivity index (χ2n) is 6.61. The summed E-state index contributed by atoms with van der Waals surface area (Å²) in [5.74, 6) is -0.846. The van der Waals surface area contributed by atoms with Crippen LogP contribution in [0.15, 0.2) is 18.2 Å². The van der Waals surface area contributed by atoms with E-state index >= 15 is 0 Å². The maximum absolute atomic E-state index is 12.6. The van der Waals surface area contributed by atoms with Crippen LogP contribution in [0.3, 0.4) is 0 Å². The largest absolute Gasteiger partial charge is 0.376 e. The Morgan fingerprint density at radius 3 is 2.56 bits per heavy atom. The summed E-state index contributed by atoms with van der Waals surface area (Å²) in [5, 5.41) is 2.77. The molecule has 3 amide bonds. The van der Waals surface area contributed by atoms with Crippen molar-refractivity contribution in [1.29, 1.82) is 0 Å². The Morgan fingerprint density at radius 2 is 1.84 bits per heavy atom. The first-order chi connectivity index (χ1) is 12.1. The zero-order chi connectivity index (χ0) is 17.4. The van der Waals surface area contributed by atoms with Crippen molar-refractivity contribution in [2.45, 2.75) is 37.9 Å². The first kappa shape index (κ1) is 16.2. The number of imide groups is 1. The van der Waals surface area contributed by atoms with Gasteiger partial charge in [0.15, 0.2) is 0 Å². The summed E-state index contributed by atoms with van der Waals surface area (Å²) in [5.41, 5.74) is 1.20. The van der Waals surface area contributed by atoms with Gasteiger partial charge in [0.2, 0.25) is 0 Å². The number of anilines is 1. The summed E-state index contributed by atoms with van der Waals surface area (Å²) in [6.45, 7) is 1.55. The maximum Gasteiger partial charge on any atom is 0.261 e. The molecule has 2 saturated heterocycles. The van der Waals surface area contributed by atoms with E-state index in [2.05, 4.69) is 5.32 Å². The van der Waals surface area contributed by atoms with Gasteiger partial charge in [-0.15, -0.1) is 0 Å². The van der Waals surface area contributed by atoms with Gasteiger partial charge >= 0.3 is 0 Å². The molecule has 0 radical (unpaired) electrons. The lowest BCUT2D eigenvalue weighted by Crippen LogP contribution is -2.36. The lowest BCUT2D eigenvalue weighted by atomic mass is 10.1. The molecule has 0 unspecified atom stereocenters. The van der Waals surface area contributed by atoms with Crippen molar-refractivity contribution in [3.63, 3.8) is 0 Å². The number of ether oxygens (including phenoxy) is 2. The minimum atomic E-state index is -0.443. The summed E-state index contributed by atoms with van der Waals surface area (Å²) >= 11 is 0. The molecule has 1 N–H and O–H groups in total. The Kier molecular flexibility index (Phi) is 4.27. The number of carbonyl (C=O) groups excluding carboxylic acids is 3. The van der Waals surface area contributed by atoms with E-state index in [-0.39, 0.29) is 30.4 Å². The lowest BCUT2D eigenvalue weighted by molar-refractivity contribution is -0.124. The highest BCUT2D eigenvalue weighted by Gasteiger charge is 2.37. The minimum Gasteiger partial charge on any atom is -0.376 e. The van der Waals surface area contributed by atoms with Crippen LogP contribution in [0.1, 0.15) is 46.4 Å². The molecule has 0 aliphatic carbocycles. The number of carbonyl (C=O) groups is 3. The molecule has 2 fully saturated rings. The van der Waals surface area contributed by atoms with Crippen molar-refractivity contribution in [2.75, 3.05) is 25.1 Å². The molecule has 0 saturated carbocycles. The third-order valence-electron chi connectivity index (χ3n) is 4.87. The first-order valence-electron chi connectivity index (χ1n) is 8.68. The van der Waals surface area contributed by atoms with Gasteiger partial charge in [0.05, 0.1) is 23.8 Å². The predicted octanol–water partition coefficient (Wildman–Crippen LogP) is 1.58. The van der Waals surface area contributed by atoms with E-state index in [9.17, 15) is 14.4 Å². The van der Waals surface area contributed by atoms with Crippen molar-refractivity contribution in [2.24, 2.45) is 0 Å². The number of nitrogens with zero attached hydrogens (tertiary/aromatic N) is 1. The van der Waals surface area contributed by atoms with Crippen LogP contribution >= 0.6 is 0 Å². The molecule has 3 aliphatic rings. The second kappa shape index (κ2) is 6.57. The maximum atomic E-state index is 12.6. The van der Waals surface area contributed by atoms with E-state index in [0.29, 0.717) is 36.4 Å². The van der Waals surface area contributed by atoms with Crippen LogP contribution < -0.4 is 5.32 Å². The predicted molar refractivity (Wildman–Crippen MR) is 88.4 cm³/mol. The molecule has 3 aliphatic heterocycles. The zero-order valence-corrected chi connectivity index (χ0v) is 13.8. The normalized spacial score (nSPS) is 25.5. The molecule has 2 atom stereocenters. The van der Waals surface area contributed by atoms with E-state index in [4.69, 9.17) is 9.47 Å². The quantitative estimate of drug-likeness (QED) is 0.838. The average Bonchev–Trinajstić information content (AvgIpc) is 3.34. The third-order valence-corrected chi connectivity index (χ3v) is 4.87. The fraction of sp³-hybridized carbons (Fsp3) is 0.500. The standard InChI is InChI=1S/C18H20N2O5/c21-16(15-4-2-8-25-15)19-11-5-6-13-14(9-11)18(23)20(17(13)22)10-12-3-1-7-24-12/h5-6,9,12,15H,1-4,7-8,10H2,(H,19,21)/t12-,15+/m0/s1. The Bertz CT molecular complexity index is 720. The zero-order valence-electron chi connectivity index (χ0n) is 13.8.